The molecule has 0 spiro atoms. The van der Waals surface area contributed by atoms with E-state index in [0.29, 0.717) is 17.9 Å². The van der Waals surface area contributed by atoms with Crippen LogP contribution in [0, 0.1) is 11.8 Å². The lowest BCUT2D eigenvalue weighted by atomic mass is 9.93. The van der Waals surface area contributed by atoms with Gasteiger partial charge in [0.25, 0.3) is 0 Å². The monoisotopic (exact) mass is 302 g/mol. The standard InChI is InChI=1S/C16H30N2O.ClH/c1-13(2)11-15-5-3-4-10-18(15)16(19)7-6-14-8-9-17-12-14;/h13-15,17H,3-12H2,1-2H3;1H. The Balaban J connectivity index is 0.00000200. The Hall–Kier alpha value is -0.280. The lowest BCUT2D eigenvalue weighted by molar-refractivity contribution is -0.135. The highest BCUT2D eigenvalue weighted by Gasteiger charge is 2.27. The third kappa shape index (κ3) is 5.25. The van der Waals surface area contributed by atoms with E-state index in [4.69, 9.17) is 0 Å². The lowest BCUT2D eigenvalue weighted by Crippen LogP contribution is -2.44. The van der Waals surface area contributed by atoms with E-state index in [0.717, 1.165) is 38.4 Å². The number of nitrogens with zero attached hydrogens (tertiary/aromatic N) is 1. The lowest BCUT2D eigenvalue weighted by Gasteiger charge is -2.37. The molecule has 0 aliphatic carbocycles. The van der Waals surface area contributed by atoms with Crippen LogP contribution >= 0.6 is 12.4 Å². The van der Waals surface area contributed by atoms with Crippen molar-refractivity contribution < 1.29 is 4.79 Å². The smallest absolute Gasteiger partial charge is 0.222 e. The SMILES string of the molecule is CC(C)CC1CCCCN1C(=O)CCC1CCNC1.Cl. The number of hydrogen-bond acceptors (Lipinski definition) is 2. The molecule has 0 bridgehead atoms. The van der Waals surface area contributed by atoms with Gasteiger partial charge >= 0.3 is 0 Å². The Kier molecular flexibility index (Phi) is 7.90. The van der Waals surface area contributed by atoms with E-state index >= 15 is 0 Å². The van der Waals surface area contributed by atoms with Crippen LogP contribution in [0.25, 0.3) is 0 Å². The Bertz CT molecular complexity index is 290. The summed E-state index contributed by atoms with van der Waals surface area (Å²) in [6, 6.07) is 0.517. The van der Waals surface area contributed by atoms with Crippen molar-refractivity contribution in [3.63, 3.8) is 0 Å². The number of halogens is 1. The number of rotatable bonds is 5. The number of likely N-dealkylation sites (tertiary alicyclic amines) is 1. The Labute approximate surface area is 130 Å². The molecule has 4 heteroatoms. The molecule has 2 rings (SSSR count). The average molecular weight is 303 g/mol. The van der Waals surface area contributed by atoms with Crippen molar-refractivity contribution in [2.45, 2.75) is 64.8 Å². The van der Waals surface area contributed by atoms with Crippen LogP contribution in [0.4, 0.5) is 0 Å². The molecule has 0 aromatic carbocycles. The topological polar surface area (TPSA) is 32.3 Å². The second-order valence-corrected chi connectivity index (χ2v) is 6.76. The Morgan fingerprint density at radius 1 is 1.30 bits per heavy atom. The first-order chi connectivity index (χ1) is 9.16. The number of nitrogens with one attached hydrogen (secondary N) is 1. The largest absolute Gasteiger partial charge is 0.340 e. The highest BCUT2D eigenvalue weighted by molar-refractivity contribution is 5.85. The van der Waals surface area contributed by atoms with Crippen LogP contribution in [-0.2, 0) is 4.79 Å². The van der Waals surface area contributed by atoms with Gasteiger partial charge in [-0.25, -0.2) is 0 Å². The van der Waals surface area contributed by atoms with E-state index in [1.54, 1.807) is 0 Å². The summed E-state index contributed by atoms with van der Waals surface area (Å²) in [6.07, 6.45) is 7.99. The molecule has 1 N–H and O–H groups in total. The molecule has 2 unspecified atom stereocenters. The zero-order valence-electron chi connectivity index (χ0n) is 13.1. The van der Waals surface area contributed by atoms with E-state index in [2.05, 4.69) is 24.1 Å². The van der Waals surface area contributed by atoms with Gasteiger partial charge in [0, 0.05) is 19.0 Å². The van der Waals surface area contributed by atoms with Crippen molar-refractivity contribution in [3.8, 4) is 0 Å². The maximum absolute atomic E-state index is 12.5. The first-order valence-electron chi connectivity index (χ1n) is 8.17. The summed E-state index contributed by atoms with van der Waals surface area (Å²) in [6.45, 7) is 7.78. The van der Waals surface area contributed by atoms with Crippen LogP contribution < -0.4 is 5.32 Å². The fourth-order valence-electron chi connectivity index (χ4n) is 3.55. The van der Waals surface area contributed by atoms with E-state index in [-0.39, 0.29) is 12.4 Å². The molecule has 3 nitrogen and oxygen atoms in total. The molecule has 2 fully saturated rings. The van der Waals surface area contributed by atoms with Gasteiger partial charge in [-0.2, -0.15) is 0 Å². The van der Waals surface area contributed by atoms with Crippen LogP contribution in [0.5, 0.6) is 0 Å². The van der Waals surface area contributed by atoms with E-state index < -0.39 is 0 Å². The summed E-state index contributed by atoms with van der Waals surface area (Å²) in [7, 11) is 0. The van der Waals surface area contributed by atoms with Crippen molar-refractivity contribution in [3.05, 3.63) is 0 Å². The van der Waals surface area contributed by atoms with Gasteiger partial charge in [-0.15, -0.1) is 12.4 Å². The van der Waals surface area contributed by atoms with E-state index in [1.165, 1.54) is 32.1 Å². The van der Waals surface area contributed by atoms with Crippen LogP contribution in [0.2, 0.25) is 0 Å². The van der Waals surface area contributed by atoms with E-state index in [1.807, 2.05) is 0 Å². The Morgan fingerprint density at radius 2 is 2.10 bits per heavy atom. The molecule has 0 aromatic rings. The molecule has 118 valence electrons. The molecule has 0 saturated carbocycles. The highest BCUT2D eigenvalue weighted by atomic mass is 35.5. The van der Waals surface area contributed by atoms with Gasteiger partial charge in [-0.3, -0.25) is 4.79 Å². The first kappa shape index (κ1) is 17.8. The summed E-state index contributed by atoms with van der Waals surface area (Å²) >= 11 is 0. The van der Waals surface area contributed by atoms with Crippen LogP contribution in [0.15, 0.2) is 0 Å². The first-order valence-corrected chi connectivity index (χ1v) is 8.17. The van der Waals surface area contributed by atoms with E-state index in [9.17, 15) is 4.79 Å². The quantitative estimate of drug-likeness (QED) is 0.845. The molecule has 2 aliphatic heterocycles. The van der Waals surface area contributed by atoms with Gasteiger partial charge in [-0.1, -0.05) is 13.8 Å². The van der Waals surface area contributed by atoms with Crippen LogP contribution in [-0.4, -0.2) is 36.5 Å². The molecule has 2 heterocycles. The zero-order valence-corrected chi connectivity index (χ0v) is 13.9. The van der Waals surface area contributed by atoms with Gasteiger partial charge in [-0.05, 0) is 63.5 Å². The molecule has 20 heavy (non-hydrogen) atoms. The number of carbonyl (C=O) groups is 1. The maximum atomic E-state index is 12.5. The van der Waals surface area contributed by atoms with Gasteiger partial charge < -0.3 is 10.2 Å². The Morgan fingerprint density at radius 3 is 2.75 bits per heavy atom. The molecule has 0 aromatic heterocycles. The zero-order chi connectivity index (χ0) is 13.7. The van der Waals surface area contributed by atoms with Crippen molar-refractivity contribution >= 4 is 18.3 Å². The molecule has 1 amide bonds. The second kappa shape index (κ2) is 8.89. The van der Waals surface area contributed by atoms with Crippen molar-refractivity contribution in [2.24, 2.45) is 11.8 Å². The molecule has 2 aliphatic rings. The number of amides is 1. The predicted octanol–water partition coefficient (Wildman–Crippen LogP) is 3.23. The maximum Gasteiger partial charge on any atom is 0.222 e. The third-order valence-electron chi connectivity index (χ3n) is 4.62. The number of hydrogen-bond donors (Lipinski definition) is 1. The normalized spacial score (nSPS) is 26.6. The minimum Gasteiger partial charge on any atom is -0.340 e. The summed E-state index contributed by atoms with van der Waals surface area (Å²) in [5, 5.41) is 3.39. The number of carbonyl (C=O) groups excluding carboxylic acids is 1. The van der Waals surface area contributed by atoms with Crippen molar-refractivity contribution in [1.29, 1.82) is 0 Å². The minimum atomic E-state index is 0. The van der Waals surface area contributed by atoms with Crippen molar-refractivity contribution in [1.82, 2.24) is 10.2 Å². The predicted molar refractivity (Wildman–Crippen MR) is 86.3 cm³/mol. The van der Waals surface area contributed by atoms with Gasteiger partial charge in [0.1, 0.15) is 0 Å². The van der Waals surface area contributed by atoms with Gasteiger partial charge in [0.15, 0.2) is 0 Å². The second-order valence-electron chi connectivity index (χ2n) is 6.76. The molecular weight excluding hydrogens is 272 g/mol. The highest BCUT2D eigenvalue weighted by Crippen LogP contribution is 2.24. The van der Waals surface area contributed by atoms with Gasteiger partial charge in [0.2, 0.25) is 5.91 Å². The molecular formula is C16H31ClN2O. The van der Waals surface area contributed by atoms with Crippen LogP contribution in [0.3, 0.4) is 0 Å². The minimum absolute atomic E-state index is 0. The summed E-state index contributed by atoms with van der Waals surface area (Å²) < 4.78 is 0. The summed E-state index contributed by atoms with van der Waals surface area (Å²) in [4.78, 5) is 14.7. The average Bonchev–Trinajstić information content (AvgIpc) is 2.89. The molecule has 2 atom stereocenters. The summed E-state index contributed by atoms with van der Waals surface area (Å²) in [5.41, 5.74) is 0. The third-order valence-corrected chi connectivity index (χ3v) is 4.62. The molecule has 2 saturated heterocycles. The fourth-order valence-corrected chi connectivity index (χ4v) is 3.55. The summed E-state index contributed by atoms with van der Waals surface area (Å²) in [5.74, 6) is 1.84. The van der Waals surface area contributed by atoms with Crippen LogP contribution in [0.1, 0.15) is 58.8 Å². The fraction of sp³-hybridized carbons (Fsp3) is 0.938. The van der Waals surface area contributed by atoms with Crippen molar-refractivity contribution in [2.75, 3.05) is 19.6 Å². The number of piperidine rings is 1. The van der Waals surface area contributed by atoms with Gasteiger partial charge in [0.05, 0.1) is 0 Å². The molecule has 0 radical (unpaired) electrons.